The molecule has 3 amide bonds. The summed E-state index contributed by atoms with van der Waals surface area (Å²) in [5.41, 5.74) is 0.822. The Kier molecular flexibility index (Phi) is 15.7. The predicted molar refractivity (Wildman–Crippen MR) is 157 cm³/mol. The number of aliphatic hydroxyl groups is 2. The van der Waals surface area contributed by atoms with Crippen molar-refractivity contribution in [2.75, 3.05) is 26.8 Å². The fourth-order valence-electron chi connectivity index (χ4n) is 5.18. The van der Waals surface area contributed by atoms with E-state index in [1.54, 1.807) is 6.92 Å². The zero-order chi connectivity index (χ0) is 30.2. The molecule has 232 valence electrons. The van der Waals surface area contributed by atoms with Gasteiger partial charge in [0.15, 0.2) is 6.10 Å². The van der Waals surface area contributed by atoms with Gasteiger partial charge >= 0.3 is 6.09 Å². The second-order valence-corrected chi connectivity index (χ2v) is 11.7. The van der Waals surface area contributed by atoms with E-state index in [2.05, 4.69) is 16.0 Å². The van der Waals surface area contributed by atoms with Gasteiger partial charge in [0.2, 0.25) is 5.91 Å². The van der Waals surface area contributed by atoms with Gasteiger partial charge in [-0.2, -0.15) is 0 Å². The van der Waals surface area contributed by atoms with Gasteiger partial charge in [-0.1, -0.05) is 83.2 Å². The number of nitrogens with one attached hydrogen (secondary N) is 3. The van der Waals surface area contributed by atoms with Gasteiger partial charge < -0.3 is 35.6 Å². The molecule has 0 radical (unpaired) electrons. The summed E-state index contributed by atoms with van der Waals surface area (Å²) in [6.07, 6.45) is 2.93. The van der Waals surface area contributed by atoms with Crippen molar-refractivity contribution in [2.45, 2.75) is 96.5 Å². The van der Waals surface area contributed by atoms with Crippen molar-refractivity contribution >= 4 is 17.9 Å². The van der Waals surface area contributed by atoms with Crippen molar-refractivity contribution in [3.63, 3.8) is 0 Å². The molecule has 0 saturated heterocycles. The smallest absolute Gasteiger partial charge is 0.408 e. The summed E-state index contributed by atoms with van der Waals surface area (Å²) in [4.78, 5) is 38.5. The Morgan fingerprint density at radius 2 is 1.66 bits per heavy atom. The van der Waals surface area contributed by atoms with Crippen LogP contribution in [0.4, 0.5) is 4.79 Å². The first kappa shape index (κ1) is 34.5. The van der Waals surface area contributed by atoms with Gasteiger partial charge in [-0.15, -0.1) is 0 Å². The van der Waals surface area contributed by atoms with Gasteiger partial charge in [-0.25, -0.2) is 4.79 Å². The lowest BCUT2D eigenvalue weighted by atomic mass is 9.82. The Morgan fingerprint density at radius 3 is 2.29 bits per heavy atom. The Balaban J connectivity index is 2.00. The number of ether oxygens (including phenoxy) is 2. The van der Waals surface area contributed by atoms with Gasteiger partial charge in [0.25, 0.3) is 5.91 Å². The quantitative estimate of drug-likeness (QED) is 0.179. The molecule has 1 saturated carbocycles. The fourth-order valence-corrected chi connectivity index (χ4v) is 5.18. The second kappa shape index (κ2) is 18.7. The van der Waals surface area contributed by atoms with Crippen LogP contribution in [0, 0.1) is 17.8 Å². The summed E-state index contributed by atoms with van der Waals surface area (Å²) >= 11 is 0. The van der Waals surface area contributed by atoms with Gasteiger partial charge in [0, 0.05) is 26.6 Å². The number of rotatable bonds is 17. The van der Waals surface area contributed by atoms with Crippen LogP contribution in [0.1, 0.15) is 71.3 Å². The molecule has 0 spiro atoms. The van der Waals surface area contributed by atoms with Gasteiger partial charge in [0.05, 0.1) is 24.7 Å². The number of carbonyl (C=O) groups is 3. The number of hydrogen-bond donors (Lipinski definition) is 5. The van der Waals surface area contributed by atoms with Gasteiger partial charge in [-0.3, -0.25) is 9.59 Å². The maximum absolute atomic E-state index is 13.2. The molecule has 0 unspecified atom stereocenters. The molecule has 1 fully saturated rings. The van der Waals surface area contributed by atoms with E-state index in [0.717, 1.165) is 31.2 Å². The van der Waals surface area contributed by atoms with E-state index in [4.69, 9.17) is 9.47 Å². The minimum atomic E-state index is -1.10. The number of alkyl carbamates (subject to hydrolysis) is 1. The maximum atomic E-state index is 13.2. The standard InChI is InChI=1S/C31H51N3O7/c1-21(2)17-26(35)28(36)25(18-23-11-7-5-8-12-23)34-29(37)22(3)20-33-30(38)27(19-24-13-9-6-10-14-24)41-31(39)32-15-16-40-4/h6,9-10,13-14,21-23,25-28,35-36H,5,7-8,11-12,15-20H2,1-4H3,(H,32,39)(H,33,38)(H,34,37)/t22-,25+,26+,27+,28-/m1/s1. The van der Waals surface area contributed by atoms with E-state index in [0.29, 0.717) is 25.4 Å². The number of hydrogen-bond acceptors (Lipinski definition) is 7. The van der Waals surface area contributed by atoms with Crippen molar-refractivity contribution < 1.29 is 34.1 Å². The third kappa shape index (κ3) is 13.2. The molecular weight excluding hydrogens is 526 g/mol. The van der Waals surface area contributed by atoms with Gasteiger partial charge in [-0.05, 0) is 30.2 Å². The number of methoxy groups -OCH3 is 1. The van der Waals surface area contributed by atoms with Crippen molar-refractivity contribution in [3.05, 3.63) is 35.9 Å². The Labute approximate surface area is 244 Å². The molecule has 5 N–H and O–H groups in total. The summed E-state index contributed by atoms with van der Waals surface area (Å²) in [6, 6.07) is 8.64. The van der Waals surface area contributed by atoms with Gasteiger partial charge in [0.1, 0.15) is 6.10 Å². The highest BCUT2D eigenvalue weighted by Gasteiger charge is 2.32. The molecular formula is C31H51N3O7. The average molecular weight is 578 g/mol. The number of aliphatic hydroxyl groups excluding tert-OH is 2. The Morgan fingerprint density at radius 1 is 0.976 bits per heavy atom. The van der Waals surface area contributed by atoms with Crippen LogP contribution in [-0.2, 0) is 25.5 Å². The van der Waals surface area contributed by atoms with Crippen LogP contribution in [0.15, 0.2) is 30.3 Å². The molecule has 2 rings (SSSR count). The average Bonchev–Trinajstić information content (AvgIpc) is 2.95. The molecule has 1 aromatic rings. The van der Waals surface area contributed by atoms with Crippen LogP contribution in [0.25, 0.3) is 0 Å². The number of amides is 3. The minimum Gasteiger partial charge on any atom is -0.436 e. The molecule has 41 heavy (non-hydrogen) atoms. The first-order chi connectivity index (χ1) is 19.6. The number of carbonyl (C=O) groups excluding carboxylic acids is 3. The van der Waals surface area contributed by atoms with E-state index in [9.17, 15) is 24.6 Å². The molecule has 1 aliphatic carbocycles. The molecule has 0 aliphatic heterocycles. The summed E-state index contributed by atoms with van der Waals surface area (Å²) < 4.78 is 10.3. The maximum Gasteiger partial charge on any atom is 0.408 e. The lowest BCUT2D eigenvalue weighted by molar-refractivity contribution is -0.130. The minimum absolute atomic E-state index is 0.0192. The highest BCUT2D eigenvalue weighted by molar-refractivity contribution is 5.85. The van der Waals surface area contributed by atoms with E-state index in [1.807, 2.05) is 44.2 Å². The lowest BCUT2D eigenvalue weighted by Crippen LogP contribution is -2.52. The van der Waals surface area contributed by atoms with Crippen LogP contribution in [0.5, 0.6) is 0 Å². The monoisotopic (exact) mass is 577 g/mol. The van der Waals surface area contributed by atoms with Crippen molar-refractivity contribution in [1.29, 1.82) is 0 Å². The molecule has 1 aromatic carbocycles. The lowest BCUT2D eigenvalue weighted by Gasteiger charge is -2.33. The molecule has 0 bridgehead atoms. The highest BCUT2D eigenvalue weighted by Crippen LogP contribution is 2.29. The number of benzene rings is 1. The van der Waals surface area contributed by atoms with Crippen LogP contribution in [-0.4, -0.2) is 79.3 Å². The molecule has 10 heteroatoms. The van der Waals surface area contributed by atoms with Crippen LogP contribution in [0.2, 0.25) is 0 Å². The third-order valence-electron chi connectivity index (χ3n) is 7.57. The first-order valence-electron chi connectivity index (χ1n) is 15.0. The Hall–Kier alpha value is -2.69. The Bertz CT molecular complexity index is 908. The summed E-state index contributed by atoms with van der Waals surface area (Å²) in [7, 11) is 1.52. The largest absolute Gasteiger partial charge is 0.436 e. The molecule has 10 nitrogen and oxygen atoms in total. The SMILES string of the molecule is COCCNC(=O)O[C@@H](Cc1ccccc1)C(=O)NC[C@@H](C)C(=O)N[C@@H](CC1CCCCC1)[C@@H](O)[C@@H](O)CC(C)C. The van der Waals surface area contributed by atoms with Crippen molar-refractivity contribution in [2.24, 2.45) is 17.8 Å². The predicted octanol–water partition coefficient (Wildman–Crippen LogP) is 2.95. The normalized spacial score (nSPS) is 17.6. The highest BCUT2D eigenvalue weighted by atomic mass is 16.6. The zero-order valence-corrected chi connectivity index (χ0v) is 25.1. The summed E-state index contributed by atoms with van der Waals surface area (Å²) in [5, 5.41) is 29.9. The summed E-state index contributed by atoms with van der Waals surface area (Å²) in [6.45, 7) is 6.22. The topological polar surface area (TPSA) is 146 Å². The summed E-state index contributed by atoms with van der Waals surface area (Å²) in [5.74, 6) is -0.861. The molecule has 0 aromatic heterocycles. The third-order valence-corrected chi connectivity index (χ3v) is 7.57. The van der Waals surface area contributed by atoms with Crippen molar-refractivity contribution in [3.8, 4) is 0 Å². The molecule has 5 atom stereocenters. The fraction of sp³-hybridized carbons (Fsp3) is 0.710. The van der Waals surface area contributed by atoms with Crippen molar-refractivity contribution in [1.82, 2.24) is 16.0 Å². The first-order valence-corrected chi connectivity index (χ1v) is 15.0. The van der Waals surface area contributed by atoms with E-state index in [1.165, 1.54) is 13.5 Å². The van der Waals surface area contributed by atoms with Crippen LogP contribution < -0.4 is 16.0 Å². The molecule has 0 heterocycles. The zero-order valence-electron chi connectivity index (χ0n) is 25.1. The van der Waals surface area contributed by atoms with E-state index >= 15 is 0 Å². The van der Waals surface area contributed by atoms with E-state index in [-0.39, 0.29) is 31.3 Å². The van der Waals surface area contributed by atoms with Crippen LogP contribution >= 0.6 is 0 Å². The van der Waals surface area contributed by atoms with E-state index < -0.39 is 42.3 Å². The van der Waals surface area contributed by atoms with Crippen LogP contribution in [0.3, 0.4) is 0 Å². The second-order valence-electron chi connectivity index (χ2n) is 11.7. The molecule has 1 aliphatic rings.